The molecule has 0 spiro atoms. The molecule has 0 saturated carbocycles. The Balaban J connectivity index is 1.52. The van der Waals surface area contributed by atoms with Crippen LogP contribution in [0.5, 0.6) is 0 Å². The molecular formula is C21H17FN4O2. The quantitative estimate of drug-likeness (QED) is 0.575. The van der Waals surface area contributed by atoms with E-state index in [4.69, 9.17) is 4.42 Å². The lowest BCUT2D eigenvalue weighted by Gasteiger charge is -2.08. The molecule has 1 aromatic carbocycles. The SMILES string of the molecule is Cn1nc(-c2ccc(F)cc2)cc1C(=O)NCc1cccnc1-c1ccco1. The lowest BCUT2D eigenvalue weighted by molar-refractivity contribution is 0.0941. The molecule has 6 nitrogen and oxygen atoms in total. The number of aromatic nitrogens is 3. The van der Waals surface area contributed by atoms with Crippen LogP contribution >= 0.6 is 0 Å². The highest BCUT2D eigenvalue weighted by molar-refractivity contribution is 5.93. The van der Waals surface area contributed by atoms with Crippen LogP contribution in [0.25, 0.3) is 22.7 Å². The van der Waals surface area contributed by atoms with E-state index in [1.54, 1.807) is 43.8 Å². The molecule has 0 saturated heterocycles. The van der Waals surface area contributed by atoms with Crippen LogP contribution in [0, 0.1) is 5.82 Å². The lowest BCUT2D eigenvalue weighted by atomic mass is 10.1. The Bertz CT molecular complexity index is 1100. The summed E-state index contributed by atoms with van der Waals surface area (Å²) in [4.78, 5) is 17.0. The molecule has 0 atom stereocenters. The largest absolute Gasteiger partial charge is 0.463 e. The summed E-state index contributed by atoms with van der Waals surface area (Å²) in [5.74, 6) is 0.0584. The summed E-state index contributed by atoms with van der Waals surface area (Å²) in [6, 6.07) is 15.0. The Labute approximate surface area is 160 Å². The van der Waals surface area contributed by atoms with Gasteiger partial charge in [-0.05, 0) is 48.5 Å². The van der Waals surface area contributed by atoms with Crippen molar-refractivity contribution in [3.8, 4) is 22.7 Å². The summed E-state index contributed by atoms with van der Waals surface area (Å²) >= 11 is 0. The molecule has 140 valence electrons. The van der Waals surface area contributed by atoms with Gasteiger partial charge in [0.15, 0.2) is 5.76 Å². The number of amides is 1. The van der Waals surface area contributed by atoms with E-state index >= 15 is 0 Å². The van der Waals surface area contributed by atoms with Crippen molar-refractivity contribution in [1.82, 2.24) is 20.1 Å². The van der Waals surface area contributed by atoms with Crippen molar-refractivity contribution in [1.29, 1.82) is 0 Å². The lowest BCUT2D eigenvalue weighted by Crippen LogP contribution is -2.25. The molecule has 1 amide bonds. The number of rotatable bonds is 5. The van der Waals surface area contributed by atoms with Crippen LogP contribution in [0.2, 0.25) is 0 Å². The molecule has 3 heterocycles. The van der Waals surface area contributed by atoms with Crippen molar-refractivity contribution in [3.05, 3.63) is 84.1 Å². The highest BCUT2D eigenvalue weighted by Gasteiger charge is 2.16. The highest BCUT2D eigenvalue weighted by atomic mass is 19.1. The van der Waals surface area contributed by atoms with E-state index in [0.717, 1.165) is 11.1 Å². The number of nitrogens with zero attached hydrogens (tertiary/aromatic N) is 3. The number of pyridine rings is 1. The zero-order chi connectivity index (χ0) is 19.5. The highest BCUT2D eigenvalue weighted by Crippen LogP contribution is 2.22. The molecule has 0 fully saturated rings. The predicted octanol–water partition coefficient (Wildman–Crippen LogP) is 3.81. The fourth-order valence-electron chi connectivity index (χ4n) is 2.92. The van der Waals surface area contributed by atoms with E-state index in [2.05, 4.69) is 15.4 Å². The van der Waals surface area contributed by atoms with Gasteiger partial charge in [-0.1, -0.05) is 6.07 Å². The molecule has 0 aliphatic carbocycles. The number of benzene rings is 1. The number of hydrogen-bond donors (Lipinski definition) is 1. The minimum absolute atomic E-state index is 0.266. The molecule has 0 unspecified atom stereocenters. The number of halogens is 1. The van der Waals surface area contributed by atoms with Gasteiger partial charge in [0.05, 0.1) is 12.0 Å². The van der Waals surface area contributed by atoms with Gasteiger partial charge in [0.2, 0.25) is 0 Å². The normalized spacial score (nSPS) is 10.8. The number of carbonyl (C=O) groups excluding carboxylic acids is 1. The van der Waals surface area contributed by atoms with Gasteiger partial charge >= 0.3 is 0 Å². The van der Waals surface area contributed by atoms with Gasteiger partial charge in [0.25, 0.3) is 5.91 Å². The number of aryl methyl sites for hydroxylation is 1. The van der Waals surface area contributed by atoms with E-state index < -0.39 is 0 Å². The van der Waals surface area contributed by atoms with Gasteiger partial charge < -0.3 is 9.73 Å². The second kappa shape index (κ2) is 7.48. The molecule has 28 heavy (non-hydrogen) atoms. The fraction of sp³-hybridized carbons (Fsp3) is 0.0952. The standard InChI is InChI=1S/C21H17FN4O2/c1-26-18(12-17(25-26)14-6-8-16(22)9-7-14)21(27)24-13-15-4-2-10-23-20(15)19-5-3-11-28-19/h2-12H,13H2,1H3,(H,24,27). The zero-order valence-electron chi connectivity index (χ0n) is 15.1. The van der Waals surface area contributed by atoms with Crippen molar-refractivity contribution < 1.29 is 13.6 Å². The van der Waals surface area contributed by atoms with Gasteiger partial charge in [-0.2, -0.15) is 5.10 Å². The van der Waals surface area contributed by atoms with E-state index in [-0.39, 0.29) is 11.7 Å². The minimum atomic E-state index is -0.318. The maximum atomic E-state index is 13.1. The maximum Gasteiger partial charge on any atom is 0.269 e. The molecule has 4 rings (SSSR count). The Hall–Kier alpha value is -3.74. The fourth-order valence-corrected chi connectivity index (χ4v) is 2.92. The Morgan fingerprint density at radius 3 is 2.75 bits per heavy atom. The summed E-state index contributed by atoms with van der Waals surface area (Å²) in [7, 11) is 1.69. The predicted molar refractivity (Wildman–Crippen MR) is 102 cm³/mol. The summed E-state index contributed by atoms with van der Waals surface area (Å²) < 4.78 is 20.0. The Kier molecular flexibility index (Phi) is 4.72. The van der Waals surface area contributed by atoms with E-state index in [1.807, 2.05) is 18.2 Å². The van der Waals surface area contributed by atoms with Gasteiger partial charge in [0, 0.05) is 30.9 Å². The summed E-state index contributed by atoms with van der Waals surface area (Å²) in [5.41, 5.74) is 3.27. The number of carbonyl (C=O) groups is 1. The van der Waals surface area contributed by atoms with Crippen molar-refractivity contribution in [2.75, 3.05) is 0 Å². The third-order valence-corrected chi connectivity index (χ3v) is 4.34. The van der Waals surface area contributed by atoms with Gasteiger partial charge in [-0.25, -0.2) is 4.39 Å². The zero-order valence-corrected chi connectivity index (χ0v) is 15.1. The molecule has 0 aliphatic heterocycles. The van der Waals surface area contributed by atoms with E-state index in [1.165, 1.54) is 16.8 Å². The van der Waals surface area contributed by atoms with Gasteiger partial charge in [-0.3, -0.25) is 14.5 Å². The smallest absolute Gasteiger partial charge is 0.269 e. The molecule has 4 aromatic rings. The number of hydrogen-bond acceptors (Lipinski definition) is 4. The molecular weight excluding hydrogens is 359 g/mol. The van der Waals surface area contributed by atoms with Crippen molar-refractivity contribution >= 4 is 5.91 Å². The van der Waals surface area contributed by atoms with Crippen LogP contribution in [-0.4, -0.2) is 20.7 Å². The Morgan fingerprint density at radius 2 is 2.00 bits per heavy atom. The molecule has 0 radical (unpaired) electrons. The van der Waals surface area contributed by atoms with Crippen LogP contribution in [-0.2, 0) is 13.6 Å². The second-order valence-corrected chi connectivity index (χ2v) is 6.22. The van der Waals surface area contributed by atoms with Crippen LogP contribution in [0.4, 0.5) is 4.39 Å². The third-order valence-electron chi connectivity index (χ3n) is 4.34. The molecule has 0 bridgehead atoms. The molecule has 1 N–H and O–H groups in total. The average Bonchev–Trinajstić information content (AvgIpc) is 3.37. The van der Waals surface area contributed by atoms with Gasteiger partial charge in [-0.15, -0.1) is 0 Å². The maximum absolute atomic E-state index is 13.1. The first kappa shape index (κ1) is 17.7. The van der Waals surface area contributed by atoms with Crippen molar-refractivity contribution in [2.24, 2.45) is 7.05 Å². The Morgan fingerprint density at radius 1 is 1.18 bits per heavy atom. The van der Waals surface area contributed by atoms with E-state index in [0.29, 0.717) is 29.4 Å². The summed E-state index contributed by atoms with van der Waals surface area (Å²) in [5, 5.41) is 7.24. The first-order valence-corrected chi connectivity index (χ1v) is 8.68. The third kappa shape index (κ3) is 3.55. The topological polar surface area (TPSA) is 73.0 Å². The molecule has 3 aromatic heterocycles. The number of nitrogens with one attached hydrogen (secondary N) is 1. The minimum Gasteiger partial charge on any atom is -0.463 e. The first-order chi connectivity index (χ1) is 13.6. The molecule has 7 heteroatoms. The van der Waals surface area contributed by atoms with Crippen molar-refractivity contribution in [2.45, 2.75) is 6.54 Å². The molecule has 0 aliphatic rings. The van der Waals surface area contributed by atoms with Crippen LogP contribution in [0.15, 0.2) is 71.5 Å². The first-order valence-electron chi connectivity index (χ1n) is 8.68. The summed E-state index contributed by atoms with van der Waals surface area (Å²) in [6.07, 6.45) is 3.26. The van der Waals surface area contributed by atoms with Crippen molar-refractivity contribution in [3.63, 3.8) is 0 Å². The van der Waals surface area contributed by atoms with Crippen LogP contribution in [0.3, 0.4) is 0 Å². The number of furan rings is 1. The van der Waals surface area contributed by atoms with Crippen LogP contribution in [0.1, 0.15) is 16.1 Å². The summed E-state index contributed by atoms with van der Waals surface area (Å²) in [6.45, 7) is 0.291. The van der Waals surface area contributed by atoms with E-state index in [9.17, 15) is 9.18 Å². The van der Waals surface area contributed by atoms with Crippen LogP contribution < -0.4 is 5.32 Å². The average molecular weight is 376 g/mol. The van der Waals surface area contributed by atoms with Gasteiger partial charge in [0.1, 0.15) is 17.2 Å². The monoisotopic (exact) mass is 376 g/mol. The second-order valence-electron chi connectivity index (χ2n) is 6.22.